The van der Waals surface area contributed by atoms with Crippen molar-refractivity contribution in [3.8, 4) is 11.5 Å². The smallest absolute Gasteiger partial charge is 0.127 e. The highest BCUT2D eigenvalue weighted by atomic mass is 16.5. The molecule has 26 heavy (non-hydrogen) atoms. The van der Waals surface area contributed by atoms with Gasteiger partial charge in [0.15, 0.2) is 0 Å². The molecule has 142 valence electrons. The third kappa shape index (κ3) is 2.41. The fourth-order valence-electron chi connectivity index (χ4n) is 6.18. The number of rotatable bonds is 8. The molecule has 1 aromatic rings. The summed E-state index contributed by atoms with van der Waals surface area (Å²) in [5.41, 5.74) is 5.99. The molecular formula is C22H30O4. The van der Waals surface area contributed by atoms with E-state index in [1.54, 1.807) is 14.2 Å². The van der Waals surface area contributed by atoms with E-state index in [1.165, 1.54) is 72.3 Å². The van der Waals surface area contributed by atoms with Gasteiger partial charge in [0.05, 0.1) is 13.2 Å². The molecule has 0 aliphatic heterocycles. The van der Waals surface area contributed by atoms with E-state index in [2.05, 4.69) is 0 Å². The van der Waals surface area contributed by atoms with Gasteiger partial charge in [-0.25, -0.2) is 0 Å². The fourth-order valence-corrected chi connectivity index (χ4v) is 6.18. The first kappa shape index (κ1) is 16.9. The van der Waals surface area contributed by atoms with Crippen LogP contribution in [0.25, 0.3) is 0 Å². The largest absolute Gasteiger partial charge is 0.491 e. The Morgan fingerprint density at radius 2 is 0.923 bits per heavy atom. The highest BCUT2D eigenvalue weighted by Crippen LogP contribution is 2.67. The van der Waals surface area contributed by atoms with Crippen LogP contribution in [-0.4, -0.2) is 40.6 Å². The van der Waals surface area contributed by atoms with Gasteiger partial charge in [-0.15, -0.1) is 0 Å². The minimum absolute atomic E-state index is 0.647. The average molecular weight is 358 g/mol. The van der Waals surface area contributed by atoms with Crippen molar-refractivity contribution in [3.05, 3.63) is 22.3 Å². The van der Waals surface area contributed by atoms with E-state index in [9.17, 15) is 0 Å². The molecule has 0 N–H and O–H groups in total. The second kappa shape index (κ2) is 6.72. The molecule has 4 bridgehead atoms. The van der Waals surface area contributed by atoms with E-state index in [0.717, 1.165) is 0 Å². The zero-order chi connectivity index (χ0) is 17.7. The minimum atomic E-state index is 0.647. The Morgan fingerprint density at radius 1 is 0.577 bits per heavy atom. The van der Waals surface area contributed by atoms with Gasteiger partial charge in [-0.3, -0.25) is 0 Å². The molecule has 0 spiro atoms. The van der Waals surface area contributed by atoms with E-state index in [0.29, 0.717) is 50.1 Å². The molecule has 0 amide bonds. The van der Waals surface area contributed by atoms with Crippen LogP contribution in [0.3, 0.4) is 0 Å². The number of fused-ring (bicyclic) bond motifs is 10. The van der Waals surface area contributed by atoms with Gasteiger partial charge in [-0.05, 0) is 62.2 Å². The number of methoxy groups -OCH3 is 2. The molecule has 4 nitrogen and oxygen atoms in total. The number of ether oxygens (including phenoxy) is 4. The lowest BCUT2D eigenvalue weighted by atomic mass is 9.81. The summed E-state index contributed by atoms with van der Waals surface area (Å²) in [4.78, 5) is 0. The maximum absolute atomic E-state index is 6.41. The lowest BCUT2D eigenvalue weighted by molar-refractivity contribution is 0.142. The molecule has 2 fully saturated rings. The van der Waals surface area contributed by atoms with Crippen molar-refractivity contribution in [1.82, 2.24) is 0 Å². The highest BCUT2D eigenvalue weighted by molar-refractivity contribution is 5.68. The molecule has 0 heterocycles. The zero-order valence-electron chi connectivity index (χ0n) is 16.0. The van der Waals surface area contributed by atoms with Gasteiger partial charge in [0.25, 0.3) is 0 Å². The Labute approximate surface area is 156 Å². The molecule has 5 rings (SSSR count). The topological polar surface area (TPSA) is 36.9 Å². The second-order valence-corrected chi connectivity index (χ2v) is 8.41. The summed E-state index contributed by atoms with van der Waals surface area (Å²) in [7, 11) is 3.49. The Morgan fingerprint density at radius 3 is 1.23 bits per heavy atom. The van der Waals surface area contributed by atoms with Crippen LogP contribution in [0.5, 0.6) is 11.5 Å². The highest BCUT2D eigenvalue weighted by Gasteiger charge is 2.49. The summed E-state index contributed by atoms with van der Waals surface area (Å²) < 4.78 is 23.3. The first-order valence-electron chi connectivity index (χ1n) is 10.3. The third-order valence-electron chi connectivity index (χ3n) is 7.12. The summed E-state index contributed by atoms with van der Waals surface area (Å²) in [5.74, 6) is 5.13. The Kier molecular flexibility index (Phi) is 4.36. The Hall–Kier alpha value is -1.26. The van der Waals surface area contributed by atoms with Crippen LogP contribution in [0.4, 0.5) is 0 Å². The van der Waals surface area contributed by atoms with E-state index in [-0.39, 0.29) is 0 Å². The molecule has 0 unspecified atom stereocenters. The van der Waals surface area contributed by atoms with Crippen LogP contribution >= 0.6 is 0 Å². The van der Waals surface area contributed by atoms with Crippen molar-refractivity contribution in [2.75, 3.05) is 40.6 Å². The van der Waals surface area contributed by atoms with Gasteiger partial charge in [0.1, 0.15) is 24.7 Å². The van der Waals surface area contributed by atoms with Crippen LogP contribution in [0.15, 0.2) is 0 Å². The Bertz CT molecular complexity index is 594. The monoisotopic (exact) mass is 358 g/mol. The summed E-state index contributed by atoms with van der Waals surface area (Å²) in [6.07, 6.45) is 7.81. The van der Waals surface area contributed by atoms with Crippen molar-refractivity contribution >= 4 is 0 Å². The third-order valence-corrected chi connectivity index (χ3v) is 7.12. The lowest BCUT2D eigenvalue weighted by Crippen LogP contribution is -2.16. The first-order valence-corrected chi connectivity index (χ1v) is 10.3. The van der Waals surface area contributed by atoms with E-state index in [1.807, 2.05) is 0 Å². The molecule has 4 atom stereocenters. The van der Waals surface area contributed by atoms with E-state index in [4.69, 9.17) is 18.9 Å². The van der Waals surface area contributed by atoms with Crippen LogP contribution in [0, 0.1) is 0 Å². The maximum atomic E-state index is 6.41. The van der Waals surface area contributed by atoms with Crippen LogP contribution in [-0.2, 0) is 9.47 Å². The normalized spacial score (nSPS) is 29.9. The lowest BCUT2D eigenvalue weighted by Gasteiger charge is -2.30. The predicted molar refractivity (Wildman–Crippen MR) is 99.9 cm³/mol. The quantitative estimate of drug-likeness (QED) is 0.643. The minimum Gasteiger partial charge on any atom is -0.491 e. The second-order valence-electron chi connectivity index (χ2n) is 8.41. The summed E-state index contributed by atoms with van der Waals surface area (Å²) in [6.45, 7) is 2.59. The SMILES string of the molecule is COCCOc1c2c(c(OCCOC)c3c1[C@H]1CC[C@@H]3C1)[C@H]1CC[C@@H]2C1. The van der Waals surface area contributed by atoms with Gasteiger partial charge in [0.2, 0.25) is 0 Å². The number of benzene rings is 1. The Balaban J connectivity index is 1.63. The van der Waals surface area contributed by atoms with Gasteiger partial charge >= 0.3 is 0 Å². The van der Waals surface area contributed by atoms with Crippen LogP contribution in [0.1, 0.15) is 84.5 Å². The molecule has 0 aromatic heterocycles. The fraction of sp³-hybridized carbons (Fsp3) is 0.727. The molecule has 0 radical (unpaired) electrons. The number of hydrogen-bond acceptors (Lipinski definition) is 4. The zero-order valence-corrected chi connectivity index (χ0v) is 16.0. The van der Waals surface area contributed by atoms with Gasteiger partial charge < -0.3 is 18.9 Å². The summed E-state index contributed by atoms with van der Waals surface area (Å²) >= 11 is 0. The molecule has 2 saturated carbocycles. The predicted octanol–water partition coefficient (Wildman–Crippen LogP) is 4.47. The summed E-state index contributed by atoms with van der Waals surface area (Å²) in [5, 5.41) is 0. The van der Waals surface area contributed by atoms with E-state index < -0.39 is 0 Å². The first-order chi connectivity index (χ1) is 12.8. The van der Waals surface area contributed by atoms with Gasteiger partial charge in [0, 0.05) is 36.5 Å². The van der Waals surface area contributed by atoms with E-state index >= 15 is 0 Å². The van der Waals surface area contributed by atoms with Crippen molar-refractivity contribution in [1.29, 1.82) is 0 Å². The maximum Gasteiger partial charge on any atom is 0.127 e. The van der Waals surface area contributed by atoms with Crippen molar-refractivity contribution in [3.63, 3.8) is 0 Å². The molecule has 0 saturated heterocycles. The standard InChI is InChI=1S/C22H30O4/c1-23-7-9-25-21-17-13-3-5-15(11-13)19(17)22(26-10-8-24-2)20-16-6-4-14(12-16)18(20)21/h13-16H,3-12H2,1-2H3/t13-,14+,15+,16-. The van der Waals surface area contributed by atoms with Gasteiger partial charge in [-0.2, -0.15) is 0 Å². The molecule has 4 aliphatic rings. The molecular weight excluding hydrogens is 328 g/mol. The van der Waals surface area contributed by atoms with Crippen LogP contribution in [0.2, 0.25) is 0 Å². The van der Waals surface area contributed by atoms with Gasteiger partial charge in [-0.1, -0.05) is 0 Å². The molecule has 4 aliphatic carbocycles. The van der Waals surface area contributed by atoms with Crippen molar-refractivity contribution in [2.24, 2.45) is 0 Å². The van der Waals surface area contributed by atoms with Crippen LogP contribution < -0.4 is 9.47 Å². The molecule has 4 heteroatoms. The number of hydrogen-bond donors (Lipinski definition) is 0. The molecule has 1 aromatic carbocycles. The summed E-state index contributed by atoms with van der Waals surface area (Å²) in [6, 6.07) is 0. The van der Waals surface area contributed by atoms with Crippen molar-refractivity contribution in [2.45, 2.75) is 62.2 Å². The van der Waals surface area contributed by atoms with Crippen molar-refractivity contribution < 1.29 is 18.9 Å². The average Bonchev–Trinajstić information content (AvgIpc) is 3.43.